The van der Waals surface area contributed by atoms with Crippen LogP contribution in [-0.2, 0) is 23.8 Å². The number of esters is 2. The number of hydrogen-bond donors (Lipinski definition) is 3. The first-order chi connectivity index (χ1) is 17.5. The van der Waals surface area contributed by atoms with Gasteiger partial charge in [-0.05, 0) is 31.2 Å². The van der Waals surface area contributed by atoms with Crippen molar-refractivity contribution in [2.75, 3.05) is 0 Å². The van der Waals surface area contributed by atoms with Crippen LogP contribution in [0.3, 0.4) is 0 Å². The molecule has 11 nitrogen and oxygen atoms in total. The van der Waals surface area contributed by atoms with Crippen LogP contribution in [-0.4, -0.2) is 51.9 Å². The highest BCUT2D eigenvalue weighted by Crippen LogP contribution is 2.38. The molecule has 2 aromatic carbocycles. The average Bonchev–Trinajstić information content (AvgIpc) is 2.80. The second-order valence-corrected chi connectivity index (χ2v) is 8.81. The van der Waals surface area contributed by atoms with Crippen LogP contribution >= 0.6 is 0 Å². The maximum absolute atomic E-state index is 13.6. The summed E-state index contributed by atoms with van der Waals surface area (Å²) in [5.41, 5.74) is -0.617. The van der Waals surface area contributed by atoms with E-state index in [2.05, 4.69) is 0 Å². The first kappa shape index (κ1) is 25.8. The minimum Gasteiger partial charge on any atom is -0.508 e. The van der Waals surface area contributed by atoms with Crippen molar-refractivity contribution in [2.45, 2.75) is 52.3 Å². The molecule has 1 aliphatic heterocycles. The monoisotopic (exact) mass is 514 g/mol. The third-order valence-corrected chi connectivity index (χ3v) is 6.08. The molecule has 1 aromatic heterocycles. The number of aromatic hydroxyl groups is 3. The van der Waals surface area contributed by atoms with Crippen LogP contribution in [0.5, 0.6) is 23.0 Å². The fourth-order valence-electron chi connectivity index (χ4n) is 4.20. The van der Waals surface area contributed by atoms with Gasteiger partial charge in [-0.3, -0.25) is 14.4 Å². The van der Waals surface area contributed by atoms with Gasteiger partial charge < -0.3 is 38.7 Å². The number of phenolic OH excluding ortho intramolecular Hbond substituents is 3. The van der Waals surface area contributed by atoms with Crippen LogP contribution < -0.4 is 10.2 Å². The Hall–Kier alpha value is -4.25. The zero-order chi connectivity index (χ0) is 27.0. The van der Waals surface area contributed by atoms with E-state index in [9.17, 15) is 29.7 Å². The predicted molar refractivity (Wildman–Crippen MR) is 128 cm³/mol. The van der Waals surface area contributed by atoms with Gasteiger partial charge >= 0.3 is 11.9 Å². The first-order valence-electron chi connectivity index (χ1n) is 11.4. The van der Waals surface area contributed by atoms with Crippen molar-refractivity contribution in [3.63, 3.8) is 0 Å². The van der Waals surface area contributed by atoms with Crippen LogP contribution in [0.2, 0.25) is 0 Å². The molecule has 0 radical (unpaired) electrons. The Kier molecular flexibility index (Phi) is 6.99. The summed E-state index contributed by atoms with van der Waals surface area (Å²) in [5.74, 6) is -3.14. The van der Waals surface area contributed by atoms with Crippen molar-refractivity contribution in [3.8, 4) is 34.3 Å². The van der Waals surface area contributed by atoms with E-state index in [4.69, 9.17) is 23.4 Å². The normalized spacial score (nSPS) is 23.4. The molecule has 0 spiro atoms. The lowest BCUT2D eigenvalue weighted by molar-refractivity contribution is -0.263. The number of fused-ring (bicyclic) bond motifs is 1. The largest absolute Gasteiger partial charge is 0.508 e. The van der Waals surface area contributed by atoms with E-state index in [1.165, 1.54) is 38.1 Å². The van der Waals surface area contributed by atoms with Gasteiger partial charge in [-0.1, -0.05) is 6.92 Å². The van der Waals surface area contributed by atoms with Gasteiger partial charge in [0.25, 0.3) is 0 Å². The summed E-state index contributed by atoms with van der Waals surface area (Å²) >= 11 is 0. The molecule has 1 fully saturated rings. The fourth-order valence-corrected chi connectivity index (χ4v) is 4.20. The summed E-state index contributed by atoms with van der Waals surface area (Å²) in [4.78, 5) is 37.4. The summed E-state index contributed by atoms with van der Waals surface area (Å²) < 4.78 is 28.7. The molecule has 37 heavy (non-hydrogen) atoms. The molecule has 11 heteroatoms. The lowest BCUT2D eigenvalue weighted by atomic mass is 9.91. The molecule has 1 saturated heterocycles. The summed E-state index contributed by atoms with van der Waals surface area (Å²) in [6, 6.07) is 7.79. The zero-order valence-electron chi connectivity index (χ0n) is 20.5. The lowest BCUT2D eigenvalue weighted by Crippen LogP contribution is -2.57. The van der Waals surface area contributed by atoms with Crippen molar-refractivity contribution in [2.24, 2.45) is 5.92 Å². The highest BCUT2D eigenvalue weighted by molar-refractivity contribution is 5.88. The molecule has 1 aliphatic rings. The molecule has 2 heterocycles. The summed E-state index contributed by atoms with van der Waals surface area (Å²) in [7, 11) is 0. The molecule has 5 atom stereocenters. The Labute approximate surface area is 210 Å². The third-order valence-electron chi connectivity index (χ3n) is 6.08. The number of ether oxygens (including phenoxy) is 4. The van der Waals surface area contributed by atoms with E-state index in [1.807, 2.05) is 0 Å². The topological polar surface area (TPSA) is 162 Å². The van der Waals surface area contributed by atoms with E-state index in [0.717, 1.165) is 12.1 Å². The van der Waals surface area contributed by atoms with Gasteiger partial charge in [0.15, 0.2) is 5.76 Å². The van der Waals surface area contributed by atoms with Gasteiger partial charge in [0.2, 0.25) is 23.6 Å². The molecule has 0 saturated carbocycles. The molecular weight excluding hydrogens is 488 g/mol. The van der Waals surface area contributed by atoms with E-state index < -0.39 is 59.4 Å². The molecule has 0 unspecified atom stereocenters. The molecule has 0 aliphatic carbocycles. The summed E-state index contributed by atoms with van der Waals surface area (Å²) in [6.07, 6.45) is -4.15. The first-order valence-corrected chi connectivity index (χ1v) is 11.4. The molecule has 3 N–H and O–H groups in total. The fraction of sp³-hybridized carbons (Fsp3) is 0.346. The molecule has 3 aromatic rings. The van der Waals surface area contributed by atoms with Gasteiger partial charge in [0.1, 0.15) is 34.3 Å². The quantitative estimate of drug-likeness (QED) is 0.429. The predicted octanol–water partition coefficient (Wildman–Crippen LogP) is 3.20. The third kappa shape index (κ3) is 5.17. The van der Waals surface area contributed by atoms with Crippen LogP contribution in [0.15, 0.2) is 45.6 Å². The molecule has 0 amide bonds. The Balaban J connectivity index is 1.89. The SMILES string of the molecule is CC(=O)O[C@@H]1[C@@H](C)[C@H](C)O[C@@H](Oc2c(-c3ccc(O)cc3)oc3cc(O)cc(O)c3c2=O)[C@@H]1OC(C)=O. The van der Waals surface area contributed by atoms with Gasteiger partial charge in [-0.15, -0.1) is 0 Å². The van der Waals surface area contributed by atoms with Crippen molar-refractivity contribution in [3.05, 3.63) is 46.6 Å². The smallest absolute Gasteiger partial charge is 0.303 e. The summed E-state index contributed by atoms with van der Waals surface area (Å²) in [5, 5.41) is 29.7. The van der Waals surface area contributed by atoms with E-state index >= 15 is 0 Å². The highest BCUT2D eigenvalue weighted by atomic mass is 16.7. The minimum absolute atomic E-state index is 0.0396. The maximum atomic E-state index is 13.6. The Bertz CT molecular complexity index is 1390. The molecule has 196 valence electrons. The lowest BCUT2D eigenvalue weighted by Gasteiger charge is -2.42. The maximum Gasteiger partial charge on any atom is 0.303 e. The van der Waals surface area contributed by atoms with Crippen molar-refractivity contribution in [1.29, 1.82) is 0 Å². The number of benzene rings is 2. The highest BCUT2D eigenvalue weighted by Gasteiger charge is 2.48. The number of carbonyl (C=O) groups is 2. The van der Waals surface area contributed by atoms with Gasteiger partial charge in [0, 0.05) is 37.5 Å². The minimum atomic E-state index is -1.41. The van der Waals surface area contributed by atoms with E-state index in [-0.39, 0.29) is 28.2 Å². The number of carbonyl (C=O) groups excluding carboxylic acids is 2. The van der Waals surface area contributed by atoms with E-state index in [1.54, 1.807) is 13.8 Å². The van der Waals surface area contributed by atoms with Crippen LogP contribution in [0.1, 0.15) is 27.7 Å². The number of hydrogen-bond acceptors (Lipinski definition) is 11. The second kappa shape index (κ2) is 10.0. The second-order valence-electron chi connectivity index (χ2n) is 8.81. The van der Waals surface area contributed by atoms with E-state index in [0.29, 0.717) is 5.56 Å². The van der Waals surface area contributed by atoms with Crippen LogP contribution in [0.4, 0.5) is 0 Å². The zero-order valence-corrected chi connectivity index (χ0v) is 20.5. The van der Waals surface area contributed by atoms with Crippen molar-refractivity contribution >= 4 is 22.9 Å². The Morgan fingerprint density at radius 3 is 2.14 bits per heavy atom. The van der Waals surface area contributed by atoms with Crippen LogP contribution in [0, 0.1) is 5.92 Å². The van der Waals surface area contributed by atoms with Gasteiger partial charge in [-0.2, -0.15) is 0 Å². The average molecular weight is 514 g/mol. The van der Waals surface area contributed by atoms with Crippen LogP contribution in [0.25, 0.3) is 22.3 Å². The Morgan fingerprint density at radius 2 is 1.51 bits per heavy atom. The van der Waals surface area contributed by atoms with Gasteiger partial charge in [0.05, 0.1) is 6.10 Å². The number of phenols is 3. The van der Waals surface area contributed by atoms with Crippen molar-refractivity contribution in [1.82, 2.24) is 0 Å². The molecular formula is C26H26O11. The Morgan fingerprint density at radius 1 is 0.892 bits per heavy atom. The van der Waals surface area contributed by atoms with Gasteiger partial charge in [-0.25, -0.2) is 0 Å². The molecule has 0 bridgehead atoms. The van der Waals surface area contributed by atoms with Crippen molar-refractivity contribution < 1.29 is 48.3 Å². The summed E-state index contributed by atoms with van der Waals surface area (Å²) in [6.45, 7) is 5.84. The number of rotatable bonds is 5. The molecule has 4 rings (SSSR count). The standard InChI is InChI=1S/C26H26O11/c1-11-12(2)33-26(25(35-14(4)28)22(11)34-13(3)27)37-24-21(32)20-18(31)9-17(30)10-19(20)36-23(24)15-5-7-16(29)8-6-15/h5-12,22,25-26,29-31H,1-4H3/t11-,12-,22+,25+,26-/m0/s1.